The van der Waals surface area contributed by atoms with Gasteiger partial charge in [0.1, 0.15) is 0 Å². The van der Waals surface area contributed by atoms with Crippen LogP contribution in [-0.4, -0.2) is 33.0 Å². The van der Waals surface area contributed by atoms with Crippen molar-refractivity contribution in [2.45, 2.75) is 31.1 Å². The SMILES string of the molecule is Cc1ccc(S(=O)(=O)NCCc2csc(N3CCCC3)n2)cc1. The Labute approximate surface area is 141 Å². The van der Waals surface area contributed by atoms with Crippen molar-refractivity contribution in [2.24, 2.45) is 0 Å². The van der Waals surface area contributed by atoms with Gasteiger partial charge in [-0.3, -0.25) is 0 Å². The number of anilines is 1. The van der Waals surface area contributed by atoms with Crippen LogP contribution in [0.15, 0.2) is 34.5 Å². The van der Waals surface area contributed by atoms with E-state index in [1.807, 2.05) is 12.3 Å². The highest BCUT2D eigenvalue weighted by molar-refractivity contribution is 7.89. The minimum absolute atomic E-state index is 0.305. The van der Waals surface area contributed by atoms with E-state index in [0.29, 0.717) is 17.9 Å². The molecule has 3 rings (SSSR count). The molecule has 1 aliphatic heterocycles. The zero-order valence-corrected chi connectivity index (χ0v) is 14.8. The molecule has 0 bridgehead atoms. The highest BCUT2D eigenvalue weighted by Crippen LogP contribution is 2.24. The highest BCUT2D eigenvalue weighted by Gasteiger charge is 2.16. The highest BCUT2D eigenvalue weighted by atomic mass is 32.2. The monoisotopic (exact) mass is 351 g/mol. The lowest BCUT2D eigenvalue weighted by molar-refractivity contribution is 0.581. The first-order chi connectivity index (χ1) is 11.0. The van der Waals surface area contributed by atoms with Gasteiger partial charge in [-0.2, -0.15) is 0 Å². The third-order valence-electron chi connectivity index (χ3n) is 3.92. The van der Waals surface area contributed by atoms with Gasteiger partial charge in [0.25, 0.3) is 0 Å². The van der Waals surface area contributed by atoms with E-state index in [4.69, 9.17) is 0 Å². The number of hydrogen-bond acceptors (Lipinski definition) is 5. The van der Waals surface area contributed by atoms with Crippen LogP contribution in [0.1, 0.15) is 24.1 Å². The molecule has 1 fully saturated rings. The average Bonchev–Trinajstić information content (AvgIpc) is 3.18. The van der Waals surface area contributed by atoms with E-state index in [1.54, 1.807) is 35.6 Å². The Morgan fingerprint density at radius 1 is 1.22 bits per heavy atom. The van der Waals surface area contributed by atoms with Crippen molar-refractivity contribution in [2.75, 3.05) is 24.5 Å². The summed E-state index contributed by atoms with van der Waals surface area (Å²) in [5.41, 5.74) is 1.99. The van der Waals surface area contributed by atoms with Crippen LogP contribution in [-0.2, 0) is 16.4 Å². The van der Waals surface area contributed by atoms with Gasteiger partial charge in [0.2, 0.25) is 10.0 Å². The number of hydrogen-bond donors (Lipinski definition) is 1. The molecule has 1 aliphatic rings. The third-order valence-corrected chi connectivity index (χ3v) is 6.35. The lowest BCUT2D eigenvalue weighted by atomic mass is 10.2. The Morgan fingerprint density at radius 2 is 1.91 bits per heavy atom. The summed E-state index contributed by atoms with van der Waals surface area (Å²) in [5, 5.41) is 3.08. The van der Waals surface area contributed by atoms with Crippen LogP contribution in [0, 0.1) is 6.92 Å². The Hall–Kier alpha value is -1.44. The van der Waals surface area contributed by atoms with Crippen molar-refractivity contribution < 1.29 is 8.42 Å². The summed E-state index contributed by atoms with van der Waals surface area (Å²) in [6.07, 6.45) is 3.06. The average molecular weight is 351 g/mol. The fourth-order valence-corrected chi connectivity index (χ4v) is 4.52. The molecule has 1 saturated heterocycles. The van der Waals surface area contributed by atoms with E-state index >= 15 is 0 Å². The van der Waals surface area contributed by atoms with Crippen LogP contribution in [0.2, 0.25) is 0 Å². The first-order valence-corrected chi connectivity index (χ1v) is 10.2. The maximum atomic E-state index is 12.2. The van der Waals surface area contributed by atoms with Crippen molar-refractivity contribution in [3.8, 4) is 0 Å². The lowest BCUT2D eigenvalue weighted by Crippen LogP contribution is -2.26. The van der Waals surface area contributed by atoms with E-state index in [9.17, 15) is 8.42 Å². The molecule has 2 aromatic rings. The fraction of sp³-hybridized carbons (Fsp3) is 0.438. The minimum atomic E-state index is -3.44. The second-order valence-corrected chi connectivity index (χ2v) is 8.38. The molecule has 1 aromatic heterocycles. The zero-order chi connectivity index (χ0) is 16.3. The molecule has 0 unspecified atom stereocenters. The van der Waals surface area contributed by atoms with E-state index in [1.165, 1.54) is 12.8 Å². The number of thiazole rings is 1. The number of sulfonamides is 1. The van der Waals surface area contributed by atoms with Crippen LogP contribution >= 0.6 is 11.3 Å². The lowest BCUT2D eigenvalue weighted by Gasteiger charge is -2.12. The second-order valence-electron chi connectivity index (χ2n) is 5.78. The first kappa shape index (κ1) is 16.4. The topological polar surface area (TPSA) is 62.3 Å². The summed E-state index contributed by atoms with van der Waals surface area (Å²) >= 11 is 1.64. The van der Waals surface area contributed by atoms with Crippen molar-refractivity contribution in [1.82, 2.24) is 9.71 Å². The molecule has 0 spiro atoms. The maximum absolute atomic E-state index is 12.2. The van der Waals surface area contributed by atoms with Crippen LogP contribution in [0.25, 0.3) is 0 Å². The maximum Gasteiger partial charge on any atom is 0.240 e. The van der Waals surface area contributed by atoms with E-state index in [-0.39, 0.29) is 0 Å². The van der Waals surface area contributed by atoms with E-state index in [2.05, 4.69) is 14.6 Å². The minimum Gasteiger partial charge on any atom is -0.348 e. The molecular weight excluding hydrogens is 330 g/mol. The molecule has 1 N–H and O–H groups in total. The van der Waals surface area contributed by atoms with Gasteiger partial charge < -0.3 is 4.90 Å². The summed E-state index contributed by atoms with van der Waals surface area (Å²) in [6, 6.07) is 6.87. The molecule has 124 valence electrons. The Kier molecular flexibility index (Phi) is 4.99. The molecule has 0 saturated carbocycles. The van der Waals surface area contributed by atoms with Crippen LogP contribution in [0.4, 0.5) is 5.13 Å². The van der Waals surface area contributed by atoms with Gasteiger partial charge in [0, 0.05) is 31.4 Å². The number of benzene rings is 1. The van der Waals surface area contributed by atoms with Gasteiger partial charge >= 0.3 is 0 Å². The van der Waals surface area contributed by atoms with Gasteiger partial charge in [-0.15, -0.1) is 11.3 Å². The number of nitrogens with zero attached hydrogens (tertiary/aromatic N) is 2. The van der Waals surface area contributed by atoms with Crippen molar-refractivity contribution in [3.63, 3.8) is 0 Å². The number of rotatable bonds is 6. The molecule has 23 heavy (non-hydrogen) atoms. The largest absolute Gasteiger partial charge is 0.348 e. The fourth-order valence-electron chi connectivity index (χ4n) is 2.58. The molecule has 2 heterocycles. The number of aromatic nitrogens is 1. The summed E-state index contributed by atoms with van der Waals surface area (Å²) in [7, 11) is -3.44. The molecule has 7 heteroatoms. The smallest absolute Gasteiger partial charge is 0.240 e. The zero-order valence-electron chi connectivity index (χ0n) is 13.2. The second kappa shape index (κ2) is 6.98. The predicted molar refractivity (Wildman–Crippen MR) is 93.6 cm³/mol. The Bertz CT molecular complexity index is 748. The van der Waals surface area contributed by atoms with E-state index in [0.717, 1.165) is 29.5 Å². The van der Waals surface area contributed by atoms with Crippen molar-refractivity contribution in [3.05, 3.63) is 40.9 Å². The van der Waals surface area contributed by atoms with Gasteiger partial charge in [-0.25, -0.2) is 18.1 Å². The molecule has 0 radical (unpaired) electrons. The molecular formula is C16H21N3O2S2. The standard InChI is InChI=1S/C16H21N3O2S2/c1-13-4-6-15(7-5-13)23(20,21)17-9-8-14-12-22-16(18-14)19-10-2-3-11-19/h4-7,12,17H,2-3,8-11H2,1H3. The summed E-state index contributed by atoms with van der Waals surface area (Å²) in [4.78, 5) is 7.21. The van der Waals surface area contributed by atoms with Crippen molar-refractivity contribution >= 4 is 26.5 Å². The van der Waals surface area contributed by atoms with E-state index < -0.39 is 10.0 Å². The number of aryl methyl sites for hydroxylation is 1. The summed E-state index contributed by atoms with van der Waals surface area (Å²) in [6.45, 7) is 4.45. The molecule has 0 aliphatic carbocycles. The van der Waals surface area contributed by atoms with Crippen molar-refractivity contribution in [1.29, 1.82) is 0 Å². The van der Waals surface area contributed by atoms with Gasteiger partial charge in [-0.1, -0.05) is 17.7 Å². The molecule has 1 aromatic carbocycles. The first-order valence-electron chi connectivity index (χ1n) is 7.80. The Morgan fingerprint density at radius 3 is 2.61 bits per heavy atom. The number of nitrogens with one attached hydrogen (secondary N) is 1. The van der Waals surface area contributed by atoms with Gasteiger partial charge in [0.05, 0.1) is 10.6 Å². The summed E-state index contributed by atoms with van der Waals surface area (Å²) in [5.74, 6) is 0. The molecule has 0 amide bonds. The normalized spacial score (nSPS) is 15.3. The van der Waals surface area contributed by atoms with Gasteiger partial charge in [0.15, 0.2) is 5.13 Å². The molecule has 0 atom stereocenters. The predicted octanol–water partition coefficient (Wildman–Crippen LogP) is 2.57. The quantitative estimate of drug-likeness (QED) is 0.869. The third kappa shape index (κ3) is 4.10. The van der Waals surface area contributed by atoms with Gasteiger partial charge in [-0.05, 0) is 31.9 Å². The Balaban J connectivity index is 1.55. The van der Waals surface area contributed by atoms with Crippen LogP contribution in [0.5, 0.6) is 0 Å². The van der Waals surface area contributed by atoms with Crippen LogP contribution in [0.3, 0.4) is 0 Å². The summed E-state index contributed by atoms with van der Waals surface area (Å²) < 4.78 is 27.1. The van der Waals surface area contributed by atoms with Crippen LogP contribution < -0.4 is 9.62 Å². The molecule has 5 nitrogen and oxygen atoms in total.